The quantitative estimate of drug-likeness (QED) is 0.181. The van der Waals surface area contributed by atoms with Gasteiger partial charge >= 0.3 is 17.8 Å². The molecule has 0 aliphatic carbocycles. The van der Waals surface area contributed by atoms with Crippen LogP contribution in [0.15, 0.2) is 48.5 Å². The van der Waals surface area contributed by atoms with Gasteiger partial charge in [0, 0.05) is 25.2 Å². The summed E-state index contributed by atoms with van der Waals surface area (Å²) in [4.78, 5) is 48.4. The number of carbonyl (C=O) groups excluding carboxylic acids is 2. The minimum Gasteiger partial charge on any atom is -0.478 e. The van der Waals surface area contributed by atoms with Crippen LogP contribution in [0.2, 0.25) is 0 Å². The molecule has 0 spiro atoms. The summed E-state index contributed by atoms with van der Waals surface area (Å²) < 4.78 is 0. The van der Waals surface area contributed by atoms with Crippen molar-refractivity contribution in [2.45, 2.75) is 84.2 Å². The maximum absolute atomic E-state index is 12.5. The van der Waals surface area contributed by atoms with Crippen molar-refractivity contribution in [3.05, 3.63) is 70.8 Å². The molecule has 0 fully saturated rings. The number of carboxylic acid groups (broad SMARTS) is 2. The first-order valence-corrected chi connectivity index (χ1v) is 13.5. The number of aromatic carboxylic acids is 1. The van der Waals surface area contributed by atoms with Crippen LogP contribution in [0.1, 0.15) is 103 Å². The maximum Gasteiger partial charge on any atom is 0.394 e. The van der Waals surface area contributed by atoms with E-state index < -0.39 is 17.8 Å². The van der Waals surface area contributed by atoms with Crippen LogP contribution >= 0.6 is 0 Å². The molecule has 0 saturated heterocycles. The van der Waals surface area contributed by atoms with E-state index in [4.69, 9.17) is 0 Å². The fourth-order valence-electron chi connectivity index (χ4n) is 4.26. The number of aliphatic carboxylic acids is 1. The van der Waals surface area contributed by atoms with Gasteiger partial charge in [-0.15, -0.1) is 0 Å². The van der Waals surface area contributed by atoms with Crippen LogP contribution in [0, 0.1) is 0 Å². The number of nitrogens with zero attached hydrogens (tertiary/aromatic N) is 1. The van der Waals surface area contributed by atoms with E-state index in [1.807, 2.05) is 0 Å². The third-order valence-electron chi connectivity index (χ3n) is 6.42. The van der Waals surface area contributed by atoms with E-state index >= 15 is 0 Å². The smallest absolute Gasteiger partial charge is 0.394 e. The average Bonchev–Trinajstić information content (AvgIpc) is 2.91. The van der Waals surface area contributed by atoms with Crippen molar-refractivity contribution in [2.75, 3.05) is 6.54 Å². The van der Waals surface area contributed by atoms with Crippen molar-refractivity contribution in [3.8, 4) is 0 Å². The highest BCUT2D eigenvalue weighted by molar-refractivity contribution is 6.31. The molecule has 2 rings (SSSR count). The summed E-state index contributed by atoms with van der Waals surface area (Å²) in [5.74, 6) is -3.96. The molecule has 3 N–H and O–H groups in total. The molecule has 8 nitrogen and oxygen atoms in total. The predicted octanol–water partition coefficient (Wildman–Crippen LogP) is 5.65. The summed E-state index contributed by atoms with van der Waals surface area (Å²) in [5, 5.41) is 21.3. The third kappa shape index (κ3) is 11.2. The molecule has 2 aromatic carbocycles. The van der Waals surface area contributed by atoms with Crippen LogP contribution in [-0.4, -0.2) is 45.4 Å². The lowest BCUT2D eigenvalue weighted by molar-refractivity contribution is -0.156. The Kier molecular flexibility index (Phi) is 13.6. The summed E-state index contributed by atoms with van der Waals surface area (Å²) in [6.45, 7) is 2.79. The van der Waals surface area contributed by atoms with Gasteiger partial charge in [0.05, 0.1) is 5.56 Å². The van der Waals surface area contributed by atoms with E-state index in [0.717, 1.165) is 17.7 Å². The molecule has 2 amide bonds. The Morgan fingerprint density at radius 3 is 1.87 bits per heavy atom. The van der Waals surface area contributed by atoms with Crippen LogP contribution in [0.4, 0.5) is 0 Å². The zero-order chi connectivity index (χ0) is 27.8. The van der Waals surface area contributed by atoms with Gasteiger partial charge in [-0.25, -0.2) is 9.59 Å². The number of hydrogen-bond acceptors (Lipinski definition) is 4. The second kappa shape index (κ2) is 16.9. The summed E-state index contributed by atoms with van der Waals surface area (Å²) in [6.07, 6.45) is 12.3. The largest absolute Gasteiger partial charge is 0.478 e. The van der Waals surface area contributed by atoms with Gasteiger partial charge in [0.25, 0.3) is 5.91 Å². The fourth-order valence-corrected chi connectivity index (χ4v) is 4.26. The zero-order valence-electron chi connectivity index (χ0n) is 22.3. The number of carboxylic acids is 2. The van der Waals surface area contributed by atoms with Crippen molar-refractivity contribution < 1.29 is 29.4 Å². The lowest BCUT2D eigenvalue weighted by atomic mass is 10.1. The monoisotopic (exact) mass is 524 g/mol. The second-order valence-corrected chi connectivity index (χ2v) is 9.61. The van der Waals surface area contributed by atoms with Gasteiger partial charge in [0.15, 0.2) is 0 Å². The number of rotatable bonds is 17. The molecule has 206 valence electrons. The Balaban J connectivity index is 1.81. The van der Waals surface area contributed by atoms with E-state index in [1.165, 1.54) is 63.5 Å². The van der Waals surface area contributed by atoms with Crippen molar-refractivity contribution in [1.82, 2.24) is 10.2 Å². The average molecular weight is 525 g/mol. The van der Waals surface area contributed by atoms with E-state index in [9.17, 15) is 29.4 Å². The lowest BCUT2D eigenvalue weighted by Gasteiger charge is -2.21. The van der Waals surface area contributed by atoms with Gasteiger partial charge in [-0.1, -0.05) is 89.0 Å². The van der Waals surface area contributed by atoms with Crippen LogP contribution in [0.25, 0.3) is 0 Å². The number of unbranched alkanes of at least 4 members (excludes halogenated alkanes) is 9. The Hall–Kier alpha value is -3.68. The maximum atomic E-state index is 12.5. The van der Waals surface area contributed by atoms with E-state index in [-0.39, 0.29) is 24.6 Å². The fraction of sp³-hybridized carbons (Fsp3) is 0.467. The van der Waals surface area contributed by atoms with E-state index in [1.54, 1.807) is 36.4 Å². The number of hydrogen-bond donors (Lipinski definition) is 3. The highest BCUT2D eigenvalue weighted by Crippen LogP contribution is 2.14. The molecule has 0 radical (unpaired) electrons. The Bertz CT molecular complexity index is 1050. The molecule has 0 unspecified atom stereocenters. The molecule has 8 heteroatoms. The minimum absolute atomic E-state index is 0.00291. The van der Waals surface area contributed by atoms with Crippen LogP contribution in [0.5, 0.6) is 0 Å². The molecular weight excluding hydrogens is 484 g/mol. The number of nitrogens with one attached hydrogen (secondary N) is 1. The van der Waals surface area contributed by atoms with E-state index in [0.29, 0.717) is 23.2 Å². The molecule has 0 saturated carbocycles. The molecule has 0 atom stereocenters. The van der Waals surface area contributed by atoms with Crippen LogP contribution < -0.4 is 5.32 Å². The minimum atomic E-state index is -1.60. The molecule has 38 heavy (non-hydrogen) atoms. The van der Waals surface area contributed by atoms with Crippen LogP contribution in [-0.2, 0) is 22.7 Å². The molecule has 0 heterocycles. The van der Waals surface area contributed by atoms with Crippen molar-refractivity contribution in [1.29, 1.82) is 0 Å². The first-order chi connectivity index (χ1) is 18.3. The first kappa shape index (κ1) is 30.5. The van der Waals surface area contributed by atoms with Crippen molar-refractivity contribution >= 4 is 23.8 Å². The molecule has 0 aliphatic rings. The summed E-state index contributed by atoms with van der Waals surface area (Å²) in [6, 6.07) is 12.7. The summed E-state index contributed by atoms with van der Waals surface area (Å²) >= 11 is 0. The van der Waals surface area contributed by atoms with Crippen molar-refractivity contribution in [3.63, 3.8) is 0 Å². The van der Waals surface area contributed by atoms with Crippen molar-refractivity contribution in [2.24, 2.45) is 0 Å². The Morgan fingerprint density at radius 1 is 0.711 bits per heavy atom. The van der Waals surface area contributed by atoms with Crippen LogP contribution in [0.3, 0.4) is 0 Å². The molecule has 2 aromatic rings. The Labute approximate surface area is 225 Å². The number of amides is 2. The predicted molar refractivity (Wildman–Crippen MR) is 146 cm³/mol. The third-order valence-corrected chi connectivity index (χ3v) is 6.42. The first-order valence-electron chi connectivity index (χ1n) is 13.5. The molecule has 0 aliphatic heterocycles. The van der Waals surface area contributed by atoms with Gasteiger partial charge in [-0.2, -0.15) is 0 Å². The molecule has 0 aromatic heterocycles. The topological polar surface area (TPSA) is 124 Å². The normalized spacial score (nSPS) is 10.7. The summed E-state index contributed by atoms with van der Waals surface area (Å²) in [5.41, 5.74) is 1.70. The molecular formula is C30H40N2O6. The van der Waals surface area contributed by atoms with Gasteiger partial charge in [0.1, 0.15) is 0 Å². The SMILES string of the molecule is CCCCCCCCCCCCNC(=O)c1ccc(CN(Cc2cccc(C(=O)O)c2)C(=O)C(=O)O)cc1. The second-order valence-electron chi connectivity index (χ2n) is 9.61. The summed E-state index contributed by atoms with van der Waals surface area (Å²) in [7, 11) is 0. The van der Waals surface area contributed by atoms with Gasteiger partial charge in [-0.05, 0) is 41.8 Å². The Morgan fingerprint density at radius 2 is 1.29 bits per heavy atom. The van der Waals surface area contributed by atoms with Gasteiger partial charge < -0.3 is 20.4 Å². The van der Waals surface area contributed by atoms with Gasteiger partial charge in [-0.3, -0.25) is 9.59 Å². The van der Waals surface area contributed by atoms with Gasteiger partial charge in [0.2, 0.25) is 0 Å². The highest BCUT2D eigenvalue weighted by atomic mass is 16.4. The number of benzene rings is 2. The standard InChI is InChI=1S/C30H40N2O6/c1-2-3-4-5-6-7-8-9-10-11-19-31-27(33)25-17-15-23(16-18-25)21-32(28(34)30(37)38)22-24-13-12-14-26(20-24)29(35)36/h12-18,20H,2-11,19,21-22H2,1H3,(H,31,33)(H,35,36)(H,37,38). The zero-order valence-corrected chi connectivity index (χ0v) is 22.3. The lowest BCUT2D eigenvalue weighted by Crippen LogP contribution is -2.35. The molecule has 0 bridgehead atoms. The number of carbonyl (C=O) groups is 4. The van der Waals surface area contributed by atoms with E-state index in [2.05, 4.69) is 12.2 Å². The highest BCUT2D eigenvalue weighted by Gasteiger charge is 2.22.